The number of aromatic nitrogens is 9. The second-order valence-corrected chi connectivity index (χ2v) is 39.3. The third-order valence-electron chi connectivity index (χ3n) is 30.5. The largest absolute Gasteiger partial charge is 0.398 e. The molecule has 0 radical (unpaired) electrons. The van der Waals surface area contributed by atoms with Crippen molar-refractivity contribution in [2.45, 2.75) is 77.0 Å². The summed E-state index contributed by atoms with van der Waals surface area (Å²) in [5, 5.41) is 39.6. The number of hydrogen-bond acceptors (Lipinski definition) is 24. The van der Waals surface area contributed by atoms with Gasteiger partial charge in [0, 0.05) is 242 Å². The van der Waals surface area contributed by atoms with E-state index in [4.69, 9.17) is 47.6 Å². The highest BCUT2D eigenvalue weighted by atomic mass is 16.5. The Labute approximate surface area is 808 Å². The molecule has 3 spiro atoms. The Morgan fingerprint density at radius 1 is 0.391 bits per heavy atom. The minimum Gasteiger partial charge on any atom is -0.398 e. The Kier molecular flexibility index (Phi) is 27.4. The molecule has 8 fully saturated rings. The molecule has 15 heterocycles. The molecule has 0 unspecified atom stereocenters. The molecule has 138 heavy (non-hydrogen) atoms. The van der Waals surface area contributed by atoms with Gasteiger partial charge in [0.15, 0.2) is 17.5 Å². The second-order valence-electron chi connectivity index (χ2n) is 39.3. The number of likely N-dealkylation sites (tertiary alicyclic amines) is 3. The molecule has 718 valence electrons. The van der Waals surface area contributed by atoms with Crippen molar-refractivity contribution in [3.8, 4) is 34.2 Å². The summed E-state index contributed by atoms with van der Waals surface area (Å²) in [5.41, 5.74) is 40.3. The topological polar surface area (TPSA) is 353 Å². The monoisotopic (exact) mass is 1860 g/mol. The molecule has 3 aromatic heterocycles. The number of morpholine rings is 1. The van der Waals surface area contributed by atoms with Crippen molar-refractivity contribution in [1.82, 2.24) is 78.6 Å². The van der Waals surface area contributed by atoms with Crippen molar-refractivity contribution >= 4 is 85.8 Å². The fourth-order valence-electron chi connectivity index (χ4n) is 22.1. The Hall–Kier alpha value is -13.3. The number of aryl methyl sites for hydroxylation is 3. The average Bonchev–Trinajstić information content (AvgIpc) is 1.61. The molecule has 0 aliphatic carbocycles. The summed E-state index contributed by atoms with van der Waals surface area (Å²) in [6, 6.07) is 42.6. The second kappa shape index (κ2) is 40.4. The molecule has 21 rings (SSSR count). The fourth-order valence-corrected chi connectivity index (χ4v) is 22.1. The summed E-state index contributed by atoms with van der Waals surface area (Å²) >= 11 is 0. The number of nitrogens with two attached hydrogens (primary N) is 3. The van der Waals surface area contributed by atoms with Crippen LogP contribution in [0.15, 0.2) is 213 Å². The number of hydrogen-bond donors (Lipinski definition) is 6. The van der Waals surface area contributed by atoms with Gasteiger partial charge in [-0.05, 0) is 190 Å². The molecule has 0 saturated carbocycles. The van der Waals surface area contributed by atoms with E-state index in [1.54, 1.807) is 33.0 Å². The summed E-state index contributed by atoms with van der Waals surface area (Å²) in [6.45, 7) is 33.0. The molecule has 12 aliphatic rings. The zero-order chi connectivity index (χ0) is 95.5. The minimum atomic E-state index is -0.371. The number of nitrogens with one attached hydrogen (secondary N) is 3. The first-order chi connectivity index (χ1) is 66.9. The lowest BCUT2D eigenvalue weighted by Crippen LogP contribution is -2.41. The molecule has 31 nitrogen and oxygen atoms in total. The van der Waals surface area contributed by atoms with Crippen molar-refractivity contribution < 1.29 is 28.6 Å². The number of amidine groups is 1. The van der Waals surface area contributed by atoms with E-state index in [1.807, 2.05) is 101 Å². The predicted octanol–water partition coefficient (Wildman–Crippen LogP) is 12.6. The van der Waals surface area contributed by atoms with Crippen molar-refractivity contribution in [3.05, 3.63) is 246 Å². The van der Waals surface area contributed by atoms with Crippen LogP contribution in [0.25, 0.3) is 50.9 Å². The van der Waals surface area contributed by atoms with E-state index in [0.29, 0.717) is 124 Å². The Morgan fingerprint density at radius 3 is 1.09 bits per heavy atom. The number of carbonyl (C=O) groups excluding carboxylic acids is 3. The number of amides is 3. The van der Waals surface area contributed by atoms with Gasteiger partial charge >= 0.3 is 0 Å². The van der Waals surface area contributed by atoms with E-state index in [1.165, 1.54) is 33.4 Å². The number of carbonyl (C=O) groups is 3. The Balaban J connectivity index is 0.000000132. The maximum atomic E-state index is 14.0. The number of nitrogen functional groups attached to an aromatic ring is 3. The summed E-state index contributed by atoms with van der Waals surface area (Å²) < 4.78 is 21.5. The minimum absolute atomic E-state index is 0.146. The van der Waals surface area contributed by atoms with E-state index in [9.17, 15) is 14.4 Å². The number of rotatable bonds is 23. The van der Waals surface area contributed by atoms with Gasteiger partial charge in [-0.2, -0.15) is 15.3 Å². The van der Waals surface area contributed by atoms with Crippen LogP contribution in [-0.4, -0.2) is 284 Å². The van der Waals surface area contributed by atoms with Gasteiger partial charge in [0.1, 0.15) is 24.8 Å². The van der Waals surface area contributed by atoms with Gasteiger partial charge in [-0.15, -0.1) is 0 Å². The molecular formula is C107H129N25O6. The van der Waals surface area contributed by atoms with E-state index < -0.39 is 0 Å². The van der Waals surface area contributed by atoms with Crippen LogP contribution in [0.4, 0.5) is 34.1 Å². The summed E-state index contributed by atoms with van der Waals surface area (Å²) in [4.78, 5) is 76.9. The standard InChI is InChI=1S/C36H44N8O2.C36H42N8O2.C35H43N9O2/c2*1-25(43-15-9-27(10-16-43)26-3-5-29(6-4-26)34-39-24-41(2)40-34)22-42-17-13-36(23-42)14-18-44(35(36)45)30-7-8-32(37)31(21-30)33(38)28-11-19-46-20-12-28;1-25(42-13-9-27(10-14-42)26-3-5-28(6-4-26)33-38-24-40(2)39-33)22-41-15-11-35(23-41)12-16-44(34(35)45)29-7-8-31(36)30(21-29)32(37)43-17-19-46-20-18-43/h3-9,21,24,28,38H,1,10-20,22-23,37H2,2H3;3-9,11,21,24,38H,1,10,12-20,22-23,37H2,2H3;3-9,21,24,37H,1,10-20,22-23,36H2,2H3/t2*36-;35-/m000/s1. The smallest absolute Gasteiger partial charge is 0.234 e. The highest BCUT2D eigenvalue weighted by Gasteiger charge is 2.54. The van der Waals surface area contributed by atoms with Crippen LogP contribution in [0.3, 0.4) is 0 Å². The number of benzene rings is 6. The van der Waals surface area contributed by atoms with Gasteiger partial charge < -0.3 is 71.1 Å². The van der Waals surface area contributed by atoms with Crippen LogP contribution in [-0.2, 0) is 49.7 Å². The van der Waals surface area contributed by atoms with Gasteiger partial charge in [0.05, 0.1) is 48.4 Å². The van der Waals surface area contributed by atoms with E-state index in [0.717, 1.165) is 248 Å². The number of ether oxygens (including phenoxy) is 3. The van der Waals surface area contributed by atoms with Crippen LogP contribution in [0, 0.1) is 38.4 Å². The molecule has 31 heteroatoms. The van der Waals surface area contributed by atoms with Crippen LogP contribution in [0.5, 0.6) is 0 Å². The zero-order valence-corrected chi connectivity index (χ0v) is 79.9. The van der Waals surface area contributed by atoms with E-state index in [-0.39, 0.29) is 39.9 Å². The molecule has 6 aromatic carbocycles. The number of nitrogens with zero attached hydrogens (tertiary/aromatic N) is 19. The van der Waals surface area contributed by atoms with Crippen LogP contribution in [0.1, 0.15) is 110 Å². The predicted molar refractivity (Wildman–Crippen MR) is 543 cm³/mol. The van der Waals surface area contributed by atoms with Crippen molar-refractivity contribution in [2.24, 2.45) is 43.3 Å². The third-order valence-corrected chi connectivity index (χ3v) is 30.5. The highest BCUT2D eigenvalue weighted by molar-refractivity contribution is 6.15. The number of anilines is 6. The summed E-state index contributed by atoms with van der Waals surface area (Å²) in [5.74, 6) is 3.33. The van der Waals surface area contributed by atoms with Crippen LogP contribution >= 0.6 is 0 Å². The molecular weight excluding hydrogens is 1730 g/mol. The van der Waals surface area contributed by atoms with E-state index >= 15 is 0 Å². The molecule has 9 N–H and O–H groups in total. The van der Waals surface area contributed by atoms with Gasteiger partial charge in [-0.25, -0.2) is 15.0 Å². The van der Waals surface area contributed by atoms with Gasteiger partial charge in [0.2, 0.25) is 17.7 Å². The lowest BCUT2D eigenvalue weighted by atomic mass is 9.85. The first kappa shape index (κ1) is 93.7. The molecule has 3 amide bonds. The highest BCUT2D eigenvalue weighted by Crippen LogP contribution is 2.48. The van der Waals surface area contributed by atoms with Gasteiger partial charge in [-0.1, -0.05) is 117 Å². The normalized spacial score (nSPS) is 22.2. The van der Waals surface area contributed by atoms with Crippen molar-refractivity contribution in [3.63, 3.8) is 0 Å². The Bertz CT molecular complexity index is 6020. The first-order valence-corrected chi connectivity index (χ1v) is 48.9. The molecule has 0 bridgehead atoms. The SMILES string of the molecule is C=C(CN1CC[C@]2(CCN(c3ccc(N)c(C(=N)C4=CCOCC4)c3)C2=O)C1)N1CC=C(c2ccc(-c3ncn(C)n3)cc2)CC1.C=C(CN1CC[C@]2(CCN(c3ccc(N)c(C(=N)C4CCOCC4)c3)C2=O)C1)N1CC=C(c2ccc(-c3ncn(C)n3)cc2)CC1.C=C(CN1CC[C@]2(CCN(c3ccc(N)c(C(=N)N4CCOCC4)c3)C2=O)C1)N1CC=C(c2ccc(-c3ncn(C)n3)cc2)CC1. The zero-order valence-electron chi connectivity index (χ0n) is 79.9. The maximum Gasteiger partial charge on any atom is 0.234 e. The molecule has 3 atom stereocenters. The van der Waals surface area contributed by atoms with Crippen LogP contribution < -0.4 is 31.9 Å². The first-order valence-electron chi connectivity index (χ1n) is 48.9. The van der Waals surface area contributed by atoms with Crippen LogP contribution in [0.2, 0.25) is 0 Å². The van der Waals surface area contributed by atoms with E-state index in [2.05, 4.69) is 170 Å². The lowest BCUT2D eigenvalue weighted by Gasteiger charge is -2.32. The molecule has 9 aromatic rings. The van der Waals surface area contributed by atoms with Gasteiger partial charge in [-0.3, -0.25) is 53.9 Å². The van der Waals surface area contributed by atoms with Gasteiger partial charge in [0.25, 0.3) is 0 Å². The molecule has 12 aliphatic heterocycles. The molecule has 8 saturated heterocycles. The van der Waals surface area contributed by atoms with Crippen molar-refractivity contribution in [2.75, 3.05) is 202 Å². The Morgan fingerprint density at radius 2 is 0.739 bits per heavy atom. The average molecular weight is 1860 g/mol. The summed E-state index contributed by atoms with van der Waals surface area (Å²) in [6.07, 6.45) is 24.4. The van der Waals surface area contributed by atoms with Crippen molar-refractivity contribution in [1.29, 1.82) is 16.2 Å². The third kappa shape index (κ3) is 20.0. The fraction of sp³-hybridized carbons (Fsp3) is 0.421. The quantitative estimate of drug-likeness (QED) is 0.0197. The lowest BCUT2D eigenvalue weighted by molar-refractivity contribution is -0.125. The maximum absolute atomic E-state index is 14.0. The summed E-state index contributed by atoms with van der Waals surface area (Å²) in [7, 11) is 5.63.